The van der Waals surface area contributed by atoms with Crippen molar-refractivity contribution in [2.75, 3.05) is 6.61 Å². The van der Waals surface area contributed by atoms with Crippen LogP contribution in [0.25, 0.3) is 0 Å². The van der Waals surface area contributed by atoms with Crippen LogP contribution in [-0.4, -0.2) is 40.3 Å². The molecule has 0 saturated heterocycles. The van der Waals surface area contributed by atoms with Crippen molar-refractivity contribution in [1.29, 1.82) is 0 Å². The van der Waals surface area contributed by atoms with Gasteiger partial charge in [0.1, 0.15) is 0 Å². The maximum Gasteiger partial charge on any atom is 0.341 e. The molecule has 0 spiro atoms. The molecular formula is C16H24N4O4. The summed E-state index contributed by atoms with van der Waals surface area (Å²) < 4.78 is 6.30. The largest absolute Gasteiger partial charge is 0.452 e. The molecule has 1 saturated carbocycles. The molecule has 132 valence electrons. The van der Waals surface area contributed by atoms with Crippen molar-refractivity contribution in [2.45, 2.75) is 39.2 Å². The van der Waals surface area contributed by atoms with Gasteiger partial charge in [0, 0.05) is 19.3 Å². The molecule has 1 aromatic heterocycles. The summed E-state index contributed by atoms with van der Waals surface area (Å²) in [4.78, 5) is 35.3. The van der Waals surface area contributed by atoms with Gasteiger partial charge in [0.2, 0.25) is 0 Å². The Morgan fingerprint density at radius 1 is 1.33 bits per heavy atom. The number of aryl methyl sites for hydroxylation is 1. The fraction of sp³-hybridized carbons (Fsp3) is 0.625. The molecule has 1 aromatic rings. The van der Waals surface area contributed by atoms with E-state index in [0.29, 0.717) is 11.8 Å². The third-order valence-corrected chi connectivity index (χ3v) is 4.55. The lowest BCUT2D eigenvalue weighted by molar-refractivity contribution is -0.123. The van der Waals surface area contributed by atoms with Crippen molar-refractivity contribution in [3.63, 3.8) is 0 Å². The van der Waals surface area contributed by atoms with Gasteiger partial charge < -0.3 is 10.1 Å². The van der Waals surface area contributed by atoms with E-state index >= 15 is 0 Å². The van der Waals surface area contributed by atoms with E-state index in [4.69, 9.17) is 4.74 Å². The number of amides is 3. The predicted octanol–water partition coefficient (Wildman–Crippen LogP) is 1.23. The van der Waals surface area contributed by atoms with Crippen LogP contribution in [0.3, 0.4) is 0 Å². The van der Waals surface area contributed by atoms with Crippen LogP contribution in [0.5, 0.6) is 0 Å². The summed E-state index contributed by atoms with van der Waals surface area (Å²) in [5.41, 5.74) is 0.250. The van der Waals surface area contributed by atoms with E-state index in [0.717, 1.165) is 19.3 Å². The number of nitrogens with one attached hydrogen (secondary N) is 2. The van der Waals surface area contributed by atoms with Gasteiger partial charge in [-0.1, -0.05) is 26.7 Å². The summed E-state index contributed by atoms with van der Waals surface area (Å²) in [7, 11) is 1.67. The van der Waals surface area contributed by atoms with Gasteiger partial charge in [-0.05, 0) is 18.3 Å². The number of carbonyl (C=O) groups is 3. The maximum atomic E-state index is 11.9. The van der Waals surface area contributed by atoms with Crippen molar-refractivity contribution >= 4 is 17.9 Å². The molecule has 1 aliphatic rings. The van der Waals surface area contributed by atoms with Gasteiger partial charge >= 0.3 is 12.0 Å². The van der Waals surface area contributed by atoms with Crippen LogP contribution >= 0.6 is 0 Å². The van der Waals surface area contributed by atoms with Crippen molar-refractivity contribution in [3.05, 3.63) is 18.0 Å². The minimum atomic E-state index is -0.666. The summed E-state index contributed by atoms with van der Waals surface area (Å²) in [5, 5.41) is 8.86. The monoisotopic (exact) mass is 336 g/mol. The number of hydrogen-bond donors (Lipinski definition) is 2. The molecule has 3 amide bonds. The second kappa shape index (κ2) is 7.94. The fourth-order valence-corrected chi connectivity index (χ4v) is 2.89. The SMILES string of the molecule is C[C@@H]1[C@H](C)CCC[C@@H]1NC(=O)NC(=O)COC(=O)c1cnn(C)c1. The molecule has 8 heteroatoms. The predicted molar refractivity (Wildman–Crippen MR) is 86.1 cm³/mol. The van der Waals surface area contributed by atoms with Gasteiger partial charge in [-0.15, -0.1) is 0 Å². The van der Waals surface area contributed by atoms with Gasteiger partial charge in [-0.3, -0.25) is 14.8 Å². The highest BCUT2D eigenvalue weighted by Gasteiger charge is 2.28. The van der Waals surface area contributed by atoms with Gasteiger partial charge in [-0.2, -0.15) is 5.10 Å². The summed E-state index contributed by atoms with van der Waals surface area (Å²) in [5.74, 6) is -0.419. The lowest BCUT2D eigenvalue weighted by Gasteiger charge is -2.34. The van der Waals surface area contributed by atoms with Crippen LogP contribution < -0.4 is 10.6 Å². The highest BCUT2D eigenvalue weighted by atomic mass is 16.5. The highest BCUT2D eigenvalue weighted by Crippen LogP contribution is 2.29. The molecule has 2 N–H and O–H groups in total. The van der Waals surface area contributed by atoms with Crippen LogP contribution in [0.2, 0.25) is 0 Å². The van der Waals surface area contributed by atoms with E-state index in [1.165, 1.54) is 17.1 Å². The Morgan fingerprint density at radius 3 is 2.75 bits per heavy atom. The molecule has 0 aliphatic heterocycles. The summed E-state index contributed by atoms with van der Waals surface area (Å²) in [6, 6.07) is -0.497. The van der Waals surface area contributed by atoms with Gasteiger partial charge in [0.05, 0.1) is 11.8 Å². The standard InChI is InChI=1S/C16H24N4O4/c1-10-5-4-6-13(11(10)2)18-16(23)19-14(21)9-24-15(22)12-7-17-20(3)8-12/h7-8,10-11,13H,4-6,9H2,1-3H3,(H2,18,19,21,23)/t10-,11-,13+/m1/s1. The number of urea groups is 1. The van der Waals surface area contributed by atoms with Crippen LogP contribution in [0.15, 0.2) is 12.4 Å². The van der Waals surface area contributed by atoms with E-state index in [9.17, 15) is 14.4 Å². The van der Waals surface area contributed by atoms with E-state index in [1.807, 2.05) is 0 Å². The third-order valence-electron chi connectivity index (χ3n) is 4.55. The number of esters is 1. The van der Waals surface area contributed by atoms with E-state index in [-0.39, 0.29) is 11.6 Å². The quantitative estimate of drug-likeness (QED) is 0.805. The highest BCUT2D eigenvalue weighted by molar-refractivity contribution is 5.96. The van der Waals surface area contributed by atoms with Crippen LogP contribution in [0.1, 0.15) is 43.5 Å². The first-order chi connectivity index (χ1) is 11.4. The number of aromatic nitrogens is 2. The molecule has 2 rings (SSSR count). The molecule has 1 heterocycles. The molecule has 0 bridgehead atoms. The Bertz CT molecular complexity index is 613. The van der Waals surface area contributed by atoms with E-state index in [1.54, 1.807) is 7.05 Å². The molecule has 0 radical (unpaired) electrons. The Labute approximate surface area is 140 Å². The molecule has 0 aromatic carbocycles. The zero-order valence-electron chi connectivity index (χ0n) is 14.2. The first-order valence-corrected chi connectivity index (χ1v) is 8.13. The molecule has 1 aliphatic carbocycles. The molecule has 24 heavy (non-hydrogen) atoms. The van der Waals surface area contributed by atoms with Crippen molar-refractivity contribution in [1.82, 2.24) is 20.4 Å². The lowest BCUT2D eigenvalue weighted by atomic mass is 9.78. The number of ether oxygens (including phenoxy) is 1. The van der Waals surface area contributed by atoms with Gasteiger partial charge in [-0.25, -0.2) is 9.59 Å². The summed E-state index contributed by atoms with van der Waals surface area (Å²) >= 11 is 0. The second-order valence-corrected chi connectivity index (χ2v) is 6.37. The van der Waals surface area contributed by atoms with Gasteiger partial charge in [0.15, 0.2) is 6.61 Å². The van der Waals surface area contributed by atoms with Crippen LogP contribution in [0, 0.1) is 11.8 Å². The number of carbonyl (C=O) groups excluding carboxylic acids is 3. The topological polar surface area (TPSA) is 102 Å². The summed E-state index contributed by atoms with van der Waals surface area (Å²) in [6.07, 6.45) is 5.96. The Hall–Kier alpha value is -2.38. The normalized spacial score (nSPS) is 23.4. The zero-order chi connectivity index (χ0) is 17.7. The number of rotatable bonds is 4. The molecular weight excluding hydrogens is 312 g/mol. The van der Waals surface area contributed by atoms with Crippen LogP contribution in [0.4, 0.5) is 4.79 Å². The number of nitrogens with zero attached hydrogens (tertiary/aromatic N) is 2. The fourth-order valence-electron chi connectivity index (χ4n) is 2.89. The van der Waals surface area contributed by atoms with Crippen molar-refractivity contribution in [3.8, 4) is 0 Å². The Balaban J connectivity index is 1.73. The lowest BCUT2D eigenvalue weighted by Crippen LogP contribution is -2.49. The third kappa shape index (κ3) is 4.81. The summed E-state index contributed by atoms with van der Waals surface area (Å²) in [6.45, 7) is 3.75. The molecule has 0 unspecified atom stereocenters. The van der Waals surface area contributed by atoms with E-state index < -0.39 is 24.5 Å². The smallest absolute Gasteiger partial charge is 0.341 e. The number of hydrogen-bond acceptors (Lipinski definition) is 5. The Morgan fingerprint density at radius 2 is 2.08 bits per heavy atom. The first-order valence-electron chi connectivity index (χ1n) is 8.13. The van der Waals surface area contributed by atoms with Crippen LogP contribution in [-0.2, 0) is 16.6 Å². The Kier molecular flexibility index (Phi) is 5.94. The van der Waals surface area contributed by atoms with E-state index in [2.05, 4.69) is 29.6 Å². The van der Waals surface area contributed by atoms with Crippen molar-refractivity contribution in [2.24, 2.45) is 18.9 Å². The molecule has 1 fully saturated rings. The molecule has 8 nitrogen and oxygen atoms in total. The molecule has 3 atom stereocenters. The van der Waals surface area contributed by atoms with Gasteiger partial charge in [0.25, 0.3) is 5.91 Å². The average molecular weight is 336 g/mol. The van der Waals surface area contributed by atoms with Crippen molar-refractivity contribution < 1.29 is 19.1 Å². The number of imide groups is 1. The maximum absolute atomic E-state index is 11.9. The zero-order valence-corrected chi connectivity index (χ0v) is 14.2. The average Bonchev–Trinajstić information content (AvgIpc) is 2.96. The minimum absolute atomic E-state index is 0.0551. The second-order valence-electron chi connectivity index (χ2n) is 6.37. The minimum Gasteiger partial charge on any atom is -0.452 e. The first kappa shape index (κ1) is 18.0.